The Balaban J connectivity index is 1.58. The highest BCUT2D eigenvalue weighted by Gasteiger charge is 2.53. The molecule has 146 valence electrons. The van der Waals surface area contributed by atoms with Crippen LogP contribution in [0, 0.1) is 5.92 Å². The fraction of sp³-hybridized carbons (Fsp3) is 0.409. The first-order valence-corrected chi connectivity index (χ1v) is 9.75. The Morgan fingerprint density at radius 2 is 1.79 bits per heavy atom. The summed E-state index contributed by atoms with van der Waals surface area (Å²) in [5.41, 5.74) is 1.67. The second-order valence-corrected chi connectivity index (χ2v) is 7.70. The van der Waals surface area contributed by atoms with Crippen molar-refractivity contribution in [3.63, 3.8) is 0 Å². The standard InChI is InChI=1S/C22H25N3O3/c1-24(21(27)17-9-11-23-12-10-17)13-18-20(15-5-3-2-4-6-15)19(14-26)25(18)22(28)16-7-8-16/h2-6,9-12,16,18-20,26H,7-8,13-14H2,1H3/t18-,19+,20+/m0/s1. The van der Waals surface area contributed by atoms with E-state index in [0.717, 1.165) is 18.4 Å². The molecule has 2 fully saturated rings. The van der Waals surface area contributed by atoms with Gasteiger partial charge < -0.3 is 14.9 Å². The van der Waals surface area contributed by atoms with Gasteiger partial charge in [-0.2, -0.15) is 0 Å². The number of aromatic nitrogens is 1. The molecule has 2 aliphatic rings. The van der Waals surface area contributed by atoms with Gasteiger partial charge in [0.1, 0.15) is 0 Å². The summed E-state index contributed by atoms with van der Waals surface area (Å²) in [5.74, 6) is 0.109. The van der Waals surface area contributed by atoms with Crippen molar-refractivity contribution < 1.29 is 14.7 Å². The van der Waals surface area contributed by atoms with Gasteiger partial charge in [0.15, 0.2) is 0 Å². The number of rotatable bonds is 6. The first-order valence-electron chi connectivity index (χ1n) is 9.75. The SMILES string of the molecule is CN(C[C@H]1[C@@H](c2ccccc2)[C@@H](CO)N1C(=O)C1CC1)C(=O)c1ccncc1. The van der Waals surface area contributed by atoms with Gasteiger partial charge in [0, 0.05) is 43.4 Å². The van der Waals surface area contributed by atoms with E-state index >= 15 is 0 Å². The summed E-state index contributed by atoms with van der Waals surface area (Å²) < 4.78 is 0. The minimum Gasteiger partial charge on any atom is -0.394 e. The van der Waals surface area contributed by atoms with Crippen molar-refractivity contribution in [1.82, 2.24) is 14.8 Å². The van der Waals surface area contributed by atoms with Crippen LogP contribution < -0.4 is 0 Å². The minimum atomic E-state index is -0.232. The second-order valence-electron chi connectivity index (χ2n) is 7.70. The van der Waals surface area contributed by atoms with Gasteiger partial charge in [-0.3, -0.25) is 14.6 Å². The lowest BCUT2D eigenvalue weighted by Crippen LogP contribution is -2.69. The van der Waals surface area contributed by atoms with Crippen molar-refractivity contribution in [2.75, 3.05) is 20.2 Å². The number of aliphatic hydroxyl groups is 1. The molecule has 1 aromatic carbocycles. The molecule has 28 heavy (non-hydrogen) atoms. The Labute approximate surface area is 164 Å². The number of amides is 2. The molecule has 1 aliphatic carbocycles. The van der Waals surface area contributed by atoms with Gasteiger partial charge in [-0.05, 0) is 30.5 Å². The number of hydrogen-bond acceptors (Lipinski definition) is 4. The average molecular weight is 379 g/mol. The van der Waals surface area contributed by atoms with Gasteiger partial charge in [0.25, 0.3) is 5.91 Å². The first kappa shape index (κ1) is 18.6. The molecule has 6 heteroatoms. The summed E-state index contributed by atoms with van der Waals surface area (Å²) in [5, 5.41) is 10.00. The molecule has 1 aliphatic heterocycles. The monoisotopic (exact) mass is 379 g/mol. The highest BCUT2D eigenvalue weighted by Crippen LogP contribution is 2.44. The molecule has 1 saturated heterocycles. The Hall–Kier alpha value is -2.73. The minimum absolute atomic E-state index is 0.0154. The number of hydrogen-bond donors (Lipinski definition) is 1. The van der Waals surface area contributed by atoms with E-state index in [1.165, 1.54) is 0 Å². The third-order valence-corrected chi connectivity index (χ3v) is 5.83. The van der Waals surface area contributed by atoms with Crippen LogP contribution in [0.25, 0.3) is 0 Å². The molecule has 1 N–H and O–H groups in total. The number of aliphatic hydroxyl groups excluding tert-OH is 1. The fourth-order valence-corrected chi connectivity index (χ4v) is 4.22. The van der Waals surface area contributed by atoms with E-state index in [1.807, 2.05) is 35.2 Å². The first-order chi connectivity index (χ1) is 13.6. The van der Waals surface area contributed by atoms with E-state index in [-0.39, 0.29) is 42.3 Å². The average Bonchev–Trinajstić information content (AvgIpc) is 3.57. The summed E-state index contributed by atoms with van der Waals surface area (Å²) in [6.45, 7) is 0.353. The predicted molar refractivity (Wildman–Crippen MR) is 105 cm³/mol. The van der Waals surface area contributed by atoms with Gasteiger partial charge in [0.05, 0.1) is 18.7 Å². The van der Waals surface area contributed by atoms with Crippen LogP contribution in [0.4, 0.5) is 0 Å². The normalized spacial score (nSPS) is 23.8. The number of carbonyl (C=O) groups excluding carboxylic acids is 2. The summed E-state index contributed by atoms with van der Waals surface area (Å²) in [6, 6.07) is 13.0. The van der Waals surface area contributed by atoms with Gasteiger partial charge in [-0.25, -0.2) is 0 Å². The summed E-state index contributed by atoms with van der Waals surface area (Å²) >= 11 is 0. The molecule has 0 radical (unpaired) electrons. The Morgan fingerprint density at radius 1 is 1.11 bits per heavy atom. The van der Waals surface area contributed by atoms with E-state index in [9.17, 15) is 14.7 Å². The molecule has 0 bridgehead atoms. The number of nitrogens with zero attached hydrogens (tertiary/aromatic N) is 3. The summed E-state index contributed by atoms with van der Waals surface area (Å²) in [7, 11) is 1.76. The van der Waals surface area contributed by atoms with Gasteiger partial charge in [-0.15, -0.1) is 0 Å². The number of likely N-dealkylation sites (N-methyl/N-ethyl adjacent to an activating group) is 1. The number of benzene rings is 1. The van der Waals surface area contributed by atoms with E-state index in [4.69, 9.17) is 0 Å². The molecule has 0 unspecified atom stereocenters. The molecule has 4 rings (SSSR count). The highest BCUT2D eigenvalue weighted by atomic mass is 16.3. The maximum atomic E-state index is 12.9. The quantitative estimate of drug-likeness (QED) is 0.832. The Kier molecular flexibility index (Phi) is 5.13. The lowest BCUT2D eigenvalue weighted by molar-refractivity contribution is -0.153. The zero-order valence-corrected chi connectivity index (χ0v) is 15.9. The lowest BCUT2D eigenvalue weighted by atomic mass is 9.74. The summed E-state index contributed by atoms with van der Waals surface area (Å²) in [6.07, 6.45) is 5.04. The van der Waals surface area contributed by atoms with E-state index in [2.05, 4.69) is 4.98 Å². The predicted octanol–water partition coefficient (Wildman–Crippen LogP) is 1.92. The van der Waals surface area contributed by atoms with Crippen LogP contribution in [0.2, 0.25) is 0 Å². The largest absolute Gasteiger partial charge is 0.394 e. The third kappa shape index (κ3) is 3.40. The molecule has 1 saturated carbocycles. The third-order valence-electron chi connectivity index (χ3n) is 5.83. The topological polar surface area (TPSA) is 73.7 Å². The molecule has 6 nitrogen and oxygen atoms in total. The zero-order valence-electron chi connectivity index (χ0n) is 15.9. The van der Waals surface area contributed by atoms with Crippen LogP contribution >= 0.6 is 0 Å². The van der Waals surface area contributed by atoms with E-state index in [0.29, 0.717) is 12.1 Å². The number of pyridine rings is 1. The molecular weight excluding hydrogens is 354 g/mol. The molecule has 2 aromatic rings. The van der Waals surface area contributed by atoms with Crippen LogP contribution in [0.15, 0.2) is 54.9 Å². The van der Waals surface area contributed by atoms with Crippen molar-refractivity contribution in [3.8, 4) is 0 Å². The fourth-order valence-electron chi connectivity index (χ4n) is 4.22. The molecule has 0 spiro atoms. The molecular formula is C22H25N3O3. The van der Waals surface area contributed by atoms with E-state index in [1.54, 1.807) is 36.5 Å². The highest BCUT2D eigenvalue weighted by molar-refractivity contribution is 5.94. The van der Waals surface area contributed by atoms with Gasteiger partial charge in [0.2, 0.25) is 5.91 Å². The Bertz CT molecular complexity index is 839. The van der Waals surface area contributed by atoms with Gasteiger partial charge >= 0.3 is 0 Å². The number of likely N-dealkylation sites (tertiary alicyclic amines) is 1. The molecule has 3 atom stereocenters. The lowest BCUT2D eigenvalue weighted by Gasteiger charge is -2.56. The van der Waals surface area contributed by atoms with Crippen molar-refractivity contribution in [2.45, 2.75) is 30.8 Å². The van der Waals surface area contributed by atoms with Crippen LogP contribution in [0.1, 0.15) is 34.7 Å². The van der Waals surface area contributed by atoms with Gasteiger partial charge in [-0.1, -0.05) is 30.3 Å². The van der Waals surface area contributed by atoms with Crippen molar-refractivity contribution in [2.24, 2.45) is 5.92 Å². The van der Waals surface area contributed by atoms with Crippen molar-refractivity contribution in [1.29, 1.82) is 0 Å². The van der Waals surface area contributed by atoms with Crippen LogP contribution in [0.3, 0.4) is 0 Å². The number of carbonyl (C=O) groups is 2. The maximum absolute atomic E-state index is 12.9. The maximum Gasteiger partial charge on any atom is 0.253 e. The van der Waals surface area contributed by atoms with Crippen LogP contribution in [-0.2, 0) is 4.79 Å². The van der Waals surface area contributed by atoms with Crippen LogP contribution in [-0.4, -0.2) is 64.0 Å². The van der Waals surface area contributed by atoms with Crippen LogP contribution in [0.5, 0.6) is 0 Å². The second kappa shape index (κ2) is 7.72. The smallest absolute Gasteiger partial charge is 0.253 e. The summed E-state index contributed by atoms with van der Waals surface area (Å²) in [4.78, 5) is 33.1. The molecule has 1 aromatic heterocycles. The Morgan fingerprint density at radius 3 is 2.39 bits per heavy atom. The van der Waals surface area contributed by atoms with Crippen molar-refractivity contribution >= 4 is 11.8 Å². The van der Waals surface area contributed by atoms with E-state index < -0.39 is 0 Å². The van der Waals surface area contributed by atoms with Crippen molar-refractivity contribution in [3.05, 3.63) is 66.0 Å². The zero-order chi connectivity index (χ0) is 19.7. The molecule has 2 amide bonds. The molecule has 2 heterocycles.